The van der Waals surface area contributed by atoms with Gasteiger partial charge in [-0.2, -0.15) is 0 Å². The summed E-state index contributed by atoms with van der Waals surface area (Å²) < 4.78 is 42.7. The molecule has 0 bridgehead atoms. The van der Waals surface area contributed by atoms with Crippen molar-refractivity contribution in [2.75, 3.05) is 26.4 Å². The summed E-state index contributed by atoms with van der Waals surface area (Å²) in [6.45, 7) is 6.43. The number of rotatable bonds is 13. The summed E-state index contributed by atoms with van der Waals surface area (Å²) in [5.41, 5.74) is 0.682. The topological polar surface area (TPSA) is 159 Å². The Morgan fingerprint density at radius 1 is 0.653 bits per heavy atom. The van der Waals surface area contributed by atoms with Crippen LogP contribution in [-0.2, 0) is 28.5 Å². The monoisotopic (exact) mass is 674 g/mol. The molecule has 13 nitrogen and oxygen atoms in total. The first-order valence-corrected chi connectivity index (χ1v) is 15.5. The van der Waals surface area contributed by atoms with Crippen LogP contribution in [0.15, 0.2) is 85.5 Å². The van der Waals surface area contributed by atoms with E-state index in [2.05, 4.69) is 6.58 Å². The van der Waals surface area contributed by atoms with Crippen LogP contribution in [0.1, 0.15) is 50.8 Å². The third kappa shape index (κ3) is 9.52. The smallest absolute Gasteiger partial charge is 0.463 e. The van der Waals surface area contributed by atoms with Crippen molar-refractivity contribution in [3.8, 4) is 17.2 Å². The number of unbranched alkanes of at least 4 members (excludes halogenated alkanes) is 1. The molecule has 3 unspecified atom stereocenters. The predicted octanol–water partition coefficient (Wildman–Crippen LogP) is 5.11. The quantitative estimate of drug-likeness (QED) is 0.0589. The van der Waals surface area contributed by atoms with Crippen molar-refractivity contribution in [2.45, 2.75) is 38.1 Å². The minimum atomic E-state index is -0.920. The molecule has 0 N–H and O–H groups in total. The van der Waals surface area contributed by atoms with Gasteiger partial charge in [-0.15, -0.1) is 0 Å². The van der Waals surface area contributed by atoms with Crippen molar-refractivity contribution >= 4 is 30.0 Å². The van der Waals surface area contributed by atoms with Crippen molar-refractivity contribution in [2.24, 2.45) is 5.92 Å². The van der Waals surface area contributed by atoms with Gasteiger partial charge in [0.1, 0.15) is 23.4 Å². The molecule has 3 aromatic rings. The van der Waals surface area contributed by atoms with Crippen molar-refractivity contribution < 1.29 is 61.9 Å². The minimum absolute atomic E-state index is 0.0739. The van der Waals surface area contributed by atoms with Crippen LogP contribution in [0.25, 0.3) is 0 Å². The number of benzene rings is 3. The number of ether oxygens (including phenoxy) is 8. The Bertz CT molecular complexity index is 1650. The minimum Gasteiger partial charge on any atom is -0.463 e. The van der Waals surface area contributed by atoms with Crippen LogP contribution in [0.2, 0.25) is 0 Å². The van der Waals surface area contributed by atoms with Gasteiger partial charge in [-0.05, 0) is 85.6 Å². The average molecular weight is 675 g/mol. The lowest BCUT2D eigenvalue weighted by Gasteiger charge is -2.16. The van der Waals surface area contributed by atoms with Gasteiger partial charge in [-0.25, -0.2) is 24.0 Å². The molecule has 13 heteroatoms. The summed E-state index contributed by atoms with van der Waals surface area (Å²) in [5, 5.41) is 0. The normalized spacial score (nSPS) is 19.2. The number of carbonyl (C=O) groups excluding carboxylic acids is 5. The van der Waals surface area contributed by atoms with E-state index >= 15 is 0 Å². The SMILES string of the molecule is C=CC(=O)OCCCCOC(=O)Oc1ccc(C(=O)Oc2ccc(C(=O)Oc3ccc(C(=O)OC4COC5C4OC[C@H]5C)cc3)cc2)cc1. The Kier molecular flexibility index (Phi) is 11.7. The zero-order valence-corrected chi connectivity index (χ0v) is 26.6. The molecule has 0 saturated carbocycles. The highest BCUT2D eigenvalue weighted by atomic mass is 16.7. The van der Waals surface area contributed by atoms with E-state index in [1.165, 1.54) is 72.8 Å². The molecule has 2 aliphatic rings. The van der Waals surface area contributed by atoms with Crippen LogP contribution in [0.4, 0.5) is 4.79 Å². The van der Waals surface area contributed by atoms with E-state index < -0.39 is 36.1 Å². The third-order valence-corrected chi connectivity index (χ3v) is 7.58. The molecule has 49 heavy (non-hydrogen) atoms. The summed E-state index contributed by atoms with van der Waals surface area (Å²) in [7, 11) is 0. The van der Waals surface area contributed by atoms with Crippen LogP contribution < -0.4 is 14.2 Å². The first-order valence-electron chi connectivity index (χ1n) is 15.5. The second-order valence-corrected chi connectivity index (χ2v) is 11.1. The van der Waals surface area contributed by atoms with Gasteiger partial charge in [0.25, 0.3) is 0 Å². The summed E-state index contributed by atoms with van der Waals surface area (Å²) in [6, 6.07) is 17.4. The highest BCUT2D eigenvalue weighted by Crippen LogP contribution is 2.32. The Morgan fingerprint density at radius 2 is 1.12 bits per heavy atom. The molecule has 5 rings (SSSR count). The molecule has 2 aliphatic heterocycles. The van der Waals surface area contributed by atoms with Gasteiger partial charge in [-0.3, -0.25) is 0 Å². The predicted molar refractivity (Wildman–Crippen MR) is 169 cm³/mol. The summed E-state index contributed by atoms with van der Waals surface area (Å²) >= 11 is 0. The first kappa shape index (κ1) is 34.8. The second kappa shape index (κ2) is 16.5. The highest BCUT2D eigenvalue weighted by Gasteiger charge is 2.47. The molecule has 3 aromatic carbocycles. The van der Waals surface area contributed by atoms with Crippen LogP contribution in [0, 0.1) is 5.92 Å². The molecule has 4 atom stereocenters. The molecule has 2 fully saturated rings. The van der Waals surface area contributed by atoms with Gasteiger partial charge in [0, 0.05) is 12.0 Å². The molecule has 2 heterocycles. The average Bonchev–Trinajstić information content (AvgIpc) is 3.69. The Labute approximate surface area is 281 Å². The molecule has 0 amide bonds. The van der Waals surface area contributed by atoms with Gasteiger partial charge in [0.2, 0.25) is 0 Å². The van der Waals surface area contributed by atoms with E-state index in [1.807, 2.05) is 6.92 Å². The van der Waals surface area contributed by atoms with Gasteiger partial charge in [-0.1, -0.05) is 13.5 Å². The zero-order valence-electron chi connectivity index (χ0n) is 26.6. The van der Waals surface area contributed by atoms with E-state index in [0.29, 0.717) is 25.0 Å². The van der Waals surface area contributed by atoms with Gasteiger partial charge in [0.15, 0.2) is 6.10 Å². The first-order chi connectivity index (χ1) is 23.7. The molecule has 0 aromatic heterocycles. The van der Waals surface area contributed by atoms with E-state index in [1.54, 1.807) is 0 Å². The second-order valence-electron chi connectivity index (χ2n) is 11.1. The van der Waals surface area contributed by atoms with Crippen LogP contribution in [-0.4, -0.2) is 74.8 Å². The Balaban J connectivity index is 1.03. The zero-order chi connectivity index (χ0) is 34.8. The maximum atomic E-state index is 12.7. The number of fused-ring (bicyclic) bond motifs is 1. The van der Waals surface area contributed by atoms with Crippen molar-refractivity contribution in [3.05, 3.63) is 102 Å². The maximum Gasteiger partial charge on any atom is 0.513 e. The largest absolute Gasteiger partial charge is 0.513 e. The fraction of sp³-hybridized carbons (Fsp3) is 0.306. The number of hydrogen-bond acceptors (Lipinski definition) is 13. The van der Waals surface area contributed by atoms with Crippen molar-refractivity contribution in [3.63, 3.8) is 0 Å². The van der Waals surface area contributed by atoms with E-state index in [0.717, 1.165) is 6.08 Å². The molecular formula is C36H34O13. The highest BCUT2D eigenvalue weighted by molar-refractivity contribution is 5.93. The number of hydrogen-bond donors (Lipinski definition) is 0. The summed E-state index contributed by atoms with van der Waals surface area (Å²) in [6.07, 6.45) is 0.285. The fourth-order valence-electron chi connectivity index (χ4n) is 4.99. The molecule has 0 spiro atoms. The summed E-state index contributed by atoms with van der Waals surface area (Å²) in [4.78, 5) is 60.8. The fourth-order valence-corrected chi connectivity index (χ4v) is 4.99. The number of esters is 4. The van der Waals surface area contributed by atoms with Gasteiger partial charge in [0.05, 0.1) is 49.2 Å². The van der Waals surface area contributed by atoms with Gasteiger partial charge >= 0.3 is 30.0 Å². The summed E-state index contributed by atoms with van der Waals surface area (Å²) in [5.74, 6) is -1.57. The lowest BCUT2D eigenvalue weighted by atomic mass is 10.0. The number of carbonyl (C=O) groups is 5. The Morgan fingerprint density at radius 3 is 1.65 bits per heavy atom. The van der Waals surface area contributed by atoms with Crippen molar-refractivity contribution in [1.29, 1.82) is 0 Å². The van der Waals surface area contributed by atoms with E-state index in [4.69, 9.17) is 37.9 Å². The molecule has 256 valence electrons. The molecule has 2 saturated heterocycles. The lowest BCUT2D eigenvalue weighted by Crippen LogP contribution is -2.32. The lowest BCUT2D eigenvalue weighted by molar-refractivity contribution is -0.137. The van der Waals surface area contributed by atoms with Crippen molar-refractivity contribution in [1.82, 2.24) is 0 Å². The molecule has 0 aliphatic carbocycles. The van der Waals surface area contributed by atoms with Crippen LogP contribution >= 0.6 is 0 Å². The van der Waals surface area contributed by atoms with E-state index in [9.17, 15) is 24.0 Å². The molecule has 0 radical (unpaired) electrons. The standard InChI is InChI=1S/C36H34O13/c1-3-30(37)42-18-4-5-19-43-36(41)48-28-16-10-24(11-17-28)34(39)46-26-12-6-23(7-13-26)33(38)47-27-14-8-25(9-15-27)35(40)49-29-21-45-31-22(2)20-44-32(29)31/h3,6-17,22,29,31-32H,1,4-5,18-21H2,2H3/t22-,29?,31?,32?/m1/s1. The van der Waals surface area contributed by atoms with E-state index in [-0.39, 0.29) is 66.3 Å². The van der Waals surface area contributed by atoms with Crippen LogP contribution in [0.5, 0.6) is 17.2 Å². The third-order valence-electron chi connectivity index (χ3n) is 7.58. The van der Waals surface area contributed by atoms with Gasteiger partial charge < -0.3 is 37.9 Å². The Hall–Kier alpha value is -5.53. The molecular weight excluding hydrogens is 640 g/mol. The van der Waals surface area contributed by atoms with Crippen LogP contribution in [0.3, 0.4) is 0 Å². The maximum absolute atomic E-state index is 12.7.